The van der Waals surface area contributed by atoms with Crippen LogP contribution in [0.25, 0.3) is 10.2 Å². The Labute approximate surface area is 177 Å². The monoisotopic (exact) mass is 429 g/mol. The Morgan fingerprint density at radius 3 is 2.80 bits per heavy atom. The molecule has 0 saturated heterocycles. The SMILES string of the molecule is COCCn1cnc2sc3c(c2c1=O)CCN(C(=O)c1ccc(OC)cc1OC)C3. The number of hydrogen-bond acceptors (Lipinski definition) is 7. The van der Waals surface area contributed by atoms with E-state index in [1.165, 1.54) is 18.4 Å². The molecule has 158 valence electrons. The number of fused-ring (bicyclic) bond motifs is 3. The van der Waals surface area contributed by atoms with E-state index in [0.717, 1.165) is 15.3 Å². The molecule has 3 heterocycles. The van der Waals surface area contributed by atoms with Gasteiger partial charge in [0.05, 0.1) is 51.2 Å². The molecule has 3 aromatic rings. The summed E-state index contributed by atoms with van der Waals surface area (Å²) in [4.78, 5) is 34.0. The minimum Gasteiger partial charge on any atom is -0.497 e. The first kappa shape index (κ1) is 20.4. The Kier molecular flexibility index (Phi) is 5.74. The van der Waals surface area contributed by atoms with Crippen LogP contribution in [0.4, 0.5) is 0 Å². The van der Waals surface area contributed by atoms with E-state index in [2.05, 4.69) is 4.98 Å². The van der Waals surface area contributed by atoms with E-state index in [9.17, 15) is 9.59 Å². The molecule has 0 N–H and O–H groups in total. The zero-order chi connectivity index (χ0) is 21.3. The second-order valence-electron chi connectivity index (χ2n) is 6.96. The molecule has 1 amide bonds. The molecule has 0 aliphatic carbocycles. The average molecular weight is 429 g/mol. The minimum atomic E-state index is -0.108. The molecular formula is C21H23N3O5S. The number of benzene rings is 1. The molecule has 1 aromatic carbocycles. The van der Waals surface area contributed by atoms with Crippen molar-refractivity contribution in [3.8, 4) is 11.5 Å². The van der Waals surface area contributed by atoms with Crippen LogP contribution in [-0.4, -0.2) is 54.8 Å². The Morgan fingerprint density at radius 2 is 2.07 bits per heavy atom. The highest BCUT2D eigenvalue weighted by Crippen LogP contribution is 2.34. The third-order valence-electron chi connectivity index (χ3n) is 5.29. The first-order valence-electron chi connectivity index (χ1n) is 9.57. The fraction of sp³-hybridized carbons (Fsp3) is 0.381. The number of amides is 1. The normalized spacial score (nSPS) is 13.4. The first-order valence-corrected chi connectivity index (χ1v) is 10.4. The van der Waals surface area contributed by atoms with Gasteiger partial charge in [0.25, 0.3) is 11.5 Å². The van der Waals surface area contributed by atoms with Crippen molar-refractivity contribution in [1.82, 2.24) is 14.5 Å². The van der Waals surface area contributed by atoms with Crippen LogP contribution in [0, 0.1) is 0 Å². The number of methoxy groups -OCH3 is 3. The smallest absolute Gasteiger partial charge is 0.262 e. The van der Waals surface area contributed by atoms with Crippen LogP contribution in [-0.2, 0) is 24.2 Å². The number of rotatable bonds is 6. The highest BCUT2D eigenvalue weighted by Gasteiger charge is 2.28. The molecule has 0 bridgehead atoms. The molecule has 1 aliphatic heterocycles. The maximum atomic E-state index is 13.2. The molecule has 30 heavy (non-hydrogen) atoms. The van der Waals surface area contributed by atoms with Crippen molar-refractivity contribution in [2.75, 3.05) is 34.5 Å². The summed E-state index contributed by atoms with van der Waals surface area (Å²) in [6.45, 7) is 1.89. The summed E-state index contributed by atoms with van der Waals surface area (Å²) in [5.41, 5.74) is 1.44. The predicted octanol–water partition coefficient (Wildman–Crippen LogP) is 2.32. The molecule has 1 aliphatic rings. The van der Waals surface area contributed by atoms with E-state index >= 15 is 0 Å². The highest BCUT2D eigenvalue weighted by molar-refractivity contribution is 7.18. The average Bonchev–Trinajstić information content (AvgIpc) is 3.16. The third-order valence-corrected chi connectivity index (χ3v) is 6.41. The lowest BCUT2D eigenvalue weighted by Crippen LogP contribution is -2.36. The maximum Gasteiger partial charge on any atom is 0.262 e. The van der Waals surface area contributed by atoms with Crippen molar-refractivity contribution >= 4 is 27.5 Å². The molecule has 2 aromatic heterocycles. The highest BCUT2D eigenvalue weighted by atomic mass is 32.1. The van der Waals surface area contributed by atoms with Crippen LogP contribution < -0.4 is 15.0 Å². The number of thiophene rings is 1. The van der Waals surface area contributed by atoms with Crippen molar-refractivity contribution in [2.24, 2.45) is 0 Å². The van der Waals surface area contributed by atoms with E-state index in [-0.39, 0.29) is 11.5 Å². The number of ether oxygens (including phenoxy) is 3. The number of carbonyl (C=O) groups is 1. The summed E-state index contributed by atoms with van der Waals surface area (Å²) in [5.74, 6) is 0.997. The van der Waals surface area contributed by atoms with Crippen molar-refractivity contribution < 1.29 is 19.0 Å². The van der Waals surface area contributed by atoms with Crippen LogP contribution in [0.3, 0.4) is 0 Å². The molecule has 0 saturated carbocycles. The van der Waals surface area contributed by atoms with Gasteiger partial charge in [0.15, 0.2) is 0 Å². The number of nitrogens with zero attached hydrogens (tertiary/aromatic N) is 3. The standard InChI is InChI=1S/C21H23N3O5S/c1-27-9-8-24-12-22-19-18(21(24)26)15-6-7-23(11-17(15)30-19)20(25)14-5-4-13(28-2)10-16(14)29-3/h4-5,10,12H,6-9,11H2,1-3H3. The van der Waals surface area contributed by atoms with Gasteiger partial charge in [-0.3, -0.25) is 14.2 Å². The van der Waals surface area contributed by atoms with E-state index in [4.69, 9.17) is 14.2 Å². The van der Waals surface area contributed by atoms with Crippen LogP contribution >= 0.6 is 11.3 Å². The Balaban J connectivity index is 1.64. The molecule has 0 unspecified atom stereocenters. The van der Waals surface area contributed by atoms with Crippen molar-refractivity contribution in [3.63, 3.8) is 0 Å². The van der Waals surface area contributed by atoms with E-state index in [1.54, 1.807) is 48.2 Å². The van der Waals surface area contributed by atoms with Gasteiger partial charge < -0.3 is 19.1 Å². The van der Waals surface area contributed by atoms with Crippen molar-refractivity contribution in [2.45, 2.75) is 19.5 Å². The van der Waals surface area contributed by atoms with Crippen molar-refractivity contribution in [1.29, 1.82) is 0 Å². The summed E-state index contributed by atoms with van der Waals surface area (Å²) < 4.78 is 17.3. The molecular weight excluding hydrogens is 406 g/mol. The third kappa shape index (κ3) is 3.54. The molecule has 0 atom stereocenters. The van der Waals surface area contributed by atoms with Crippen LogP contribution in [0.2, 0.25) is 0 Å². The topological polar surface area (TPSA) is 82.9 Å². The maximum absolute atomic E-state index is 13.2. The largest absolute Gasteiger partial charge is 0.497 e. The zero-order valence-electron chi connectivity index (χ0n) is 17.1. The summed E-state index contributed by atoms with van der Waals surface area (Å²) in [6, 6.07) is 5.17. The van der Waals surface area contributed by atoms with Gasteiger partial charge in [-0.1, -0.05) is 0 Å². The van der Waals surface area contributed by atoms with Gasteiger partial charge in [0, 0.05) is 24.6 Å². The fourth-order valence-electron chi connectivity index (χ4n) is 3.69. The molecule has 8 nitrogen and oxygen atoms in total. The van der Waals surface area contributed by atoms with E-state index in [1.807, 2.05) is 0 Å². The number of carbonyl (C=O) groups excluding carboxylic acids is 1. The van der Waals surface area contributed by atoms with E-state index < -0.39 is 0 Å². The second-order valence-corrected chi connectivity index (χ2v) is 8.05. The van der Waals surface area contributed by atoms with Crippen LogP contribution in [0.5, 0.6) is 11.5 Å². The van der Waals surface area contributed by atoms with Gasteiger partial charge >= 0.3 is 0 Å². The molecule has 0 radical (unpaired) electrons. The summed E-state index contributed by atoms with van der Waals surface area (Å²) in [5, 5.41) is 0.669. The molecule has 9 heteroatoms. The summed E-state index contributed by atoms with van der Waals surface area (Å²) in [7, 11) is 4.71. The van der Waals surface area contributed by atoms with Gasteiger partial charge in [-0.15, -0.1) is 11.3 Å². The lowest BCUT2D eigenvalue weighted by Gasteiger charge is -2.27. The summed E-state index contributed by atoms with van der Waals surface area (Å²) >= 11 is 1.48. The lowest BCUT2D eigenvalue weighted by atomic mass is 10.0. The van der Waals surface area contributed by atoms with E-state index in [0.29, 0.717) is 55.1 Å². The van der Waals surface area contributed by atoms with Gasteiger partial charge in [0.2, 0.25) is 0 Å². The molecule has 0 spiro atoms. The fourth-order valence-corrected chi connectivity index (χ4v) is 4.88. The molecule has 4 rings (SSSR count). The van der Waals surface area contributed by atoms with Gasteiger partial charge in [-0.05, 0) is 24.1 Å². The molecule has 0 fully saturated rings. The second kappa shape index (κ2) is 8.45. The van der Waals surface area contributed by atoms with Crippen LogP contribution in [0.1, 0.15) is 20.8 Å². The number of hydrogen-bond donors (Lipinski definition) is 0. The Morgan fingerprint density at radius 1 is 1.23 bits per heavy atom. The predicted molar refractivity (Wildman–Crippen MR) is 114 cm³/mol. The first-order chi connectivity index (χ1) is 14.6. The number of aromatic nitrogens is 2. The summed E-state index contributed by atoms with van der Waals surface area (Å²) in [6.07, 6.45) is 2.18. The Bertz CT molecular complexity index is 1150. The lowest BCUT2D eigenvalue weighted by molar-refractivity contribution is 0.0734. The van der Waals surface area contributed by atoms with Crippen molar-refractivity contribution in [3.05, 3.63) is 50.9 Å². The van der Waals surface area contributed by atoms with Gasteiger partial charge in [-0.2, -0.15) is 0 Å². The zero-order valence-corrected chi connectivity index (χ0v) is 18.0. The minimum absolute atomic E-state index is 0.0499. The van der Waals surface area contributed by atoms with Gasteiger partial charge in [0.1, 0.15) is 16.3 Å². The quantitative estimate of drug-likeness (QED) is 0.598. The van der Waals surface area contributed by atoms with Gasteiger partial charge in [-0.25, -0.2) is 4.98 Å². The van der Waals surface area contributed by atoms with Crippen LogP contribution in [0.15, 0.2) is 29.3 Å². The Hall–Kier alpha value is -2.91.